The van der Waals surface area contributed by atoms with E-state index in [1.807, 2.05) is 61.5 Å². The third kappa shape index (κ3) is 5.79. The van der Waals surface area contributed by atoms with Gasteiger partial charge in [-0.3, -0.25) is 19.3 Å². The van der Waals surface area contributed by atoms with E-state index in [1.54, 1.807) is 29.7 Å². The summed E-state index contributed by atoms with van der Waals surface area (Å²) in [6, 6.07) is 15.4. The summed E-state index contributed by atoms with van der Waals surface area (Å²) in [4.78, 5) is 40.1. The van der Waals surface area contributed by atoms with Gasteiger partial charge in [-0.25, -0.2) is 0 Å². The molecule has 0 aliphatic carbocycles. The molecule has 0 unspecified atom stereocenters. The number of rotatable bonds is 8. The van der Waals surface area contributed by atoms with Gasteiger partial charge in [0, 0.05) is 37.6 Å². The molecule has 1 atom stereocenters. The predicted molar refractivity (Wildman–Crippen MR) is 124 cm³/mol. The van der Waals surface area contributed by atoms with Crippen molar-refractivity contribution in [3.05, 3.63) is 54.1 Å². The fraction of sp³-hybridized carbons (Fsp3) is 0.348. The maximum Gasteiger partial charge on any atom is 0.306 e. The van der Waals surface area contributed by atoms with Crippen LogP contribution in [0.4, 0.5) is 17.1 Å². The first-order valence-electron chi connectivity index (χ1n) is 10.2. The molecule has 8 heteroatoms. The van der Waals surface area contributed by atoms with E-state index in [-0.39, 0.29) is 36.0 Å². The van der Waals surface area contributed by atoms with E-state index in [1.165, 1.54) is 0 Å². The molecule has 1 fully saturated rings. The van der Waals surface area contributed by atoms with E-state index in [0.717, 1.165) is 16.9 Å². The molecule has 2 aromatic rings. The summed E-state index contributed by atoms with van der Waals surface area (Å²) in [6.07, 6.45) is 0.104. The van der Waals surface area contributed by atoms with Gasteiger partial charge in [0.05, 0.1) is 18.8 Å². The molecular weight excluding hydrogens is 414 g/mol. The van der Waals surface area contributed by atoms with Crippen molar-refractivity contribution >= 4 is 46.6 Å². The summed E-state index contributed by atoms with van der Waals surface area (Å²) in [6.45, 7) is 2.03. The molecule has 1 aliphatic rings. The zero-order chi connectivity index (χ0) is 22.4. The van der Waals surface area contributed by atoms with Crippen LogP contribution in [0.5, 0.6) is 0 Å². The van der Waals surface area contributed by atoms with Crippen molar-refractivity contribution in [3.8, 4) is 0 Å². The smallest absolute Gasteiger partial charge is 0.306 e. The summed E-state index contributed by atoms with van der Waals surface area (Å²) in [5.41, 5.74) is 3.46. The van der Waals surface area contributed by atoms with Crippen LogP contribution in [0.3, 0.4) is 0 Å². The van der Waals surface area contributed by atoms with Gasteiger partial charge in [-0.05, 0) is 48.9 Å². The SMILES string of the molecule is CCOC(=O)CCC(=O)Nc1cccc([C@@H]2SCC(=O)N2c2ccc(N(C)C)cc2)c1. The Morgan fingerprint density at radius 3 is 2.58 bits per heavy atom. The number of carbonyl (C=O) groups is 3. The van der Waals surface area contributed by atoms with Crippen LogP contribution < -0.4 is 15.1 Å². The average Bonchev–Trinajstić information content (AvgIpc) is 3.14. The van der Waals surface area contributed by atoms with Crippen molar-refractivity contribution in [3.63, 3.8) is 0 Å². The molecule has 0 bridgehead atoms. The van der Waals surface area contributed by atoms with Crippen LogP contribution in [0.15, 0.2) is 48.5 Å². The van der Waals surface area contributed by atoms with Gasteiger partial charge in [0.2, 0.25) is 11.8 Å². The highest BCUT2D eigenvalue weighted by Crippen LogP contribution is 2.42. The highest BCUT2D eigenvalue weighted by Gasteiger charge is 2.34. The zero-order valence-corrected chi connectivity index (χ0v) is 18.8. The standard InChI is InChI=1S/C23H27N3O4S/c1-4-30-22(29)13-12-20(27)24-17-7-5-6-16(14-17)23-26(21(28)15-31-23)19-10-8-18(9-11-19)25(2)3/h5-11,14,23H,4,12-13,15H2,1-3H3,(H,24,27)/t23-/m0/s1. The first kappa shape index (κ1) is 22.7. The molecule has 0 radical (unpaired) electrons. The van der Waals surface area contributed by atoms with Crippen molar-refractivity contribution in [2.24, 2.45) is 0 Å². The van der Waals surface area contributed by atoms with E-state index in [4.69, 9.17) is 4.74 Å². The van der Waals surface area contributed by atoms with Crippen molar-refractivity contribution < 1.29 is 19.1 Å². The number of nitrogens with zero attached hydrogens (tertiary/aromatic N) is 2. The third-order valence-electron chi connectivity index (χ3n) is 4.83. The number of benzene rings is 2. The van der Waals surface area contributed by atoms with Gasteiger partial charge < -0.3 is 15.0 Å². The lowest BCUT2D eigenvalue weighted by molar-refractivity contribution is -0.144. The first-order chi connectivity index (χ1) is 14.9. The summed E-state index contributed by atoms with van der Waals surface area (Å²) < 4.78 is 4.85. The van der Waals surface area contributed by atoms with Gasteiger partial charge in [-0.1, -0.05) is 12.1 Å². The quantitative estimate of drug-likeness (QED) is 0.628. The van der Waals surface area contributed by atoms with Gasteiger partial charge in [-0.15, -0.1) is 11.8 Å². The minimum Gasteiger partial charge on any atom is -0.466 e. The molecule has 1 aliphatic heterocycles. The molecule has 31 heavy (non-hydrogen) atoms. The number of nitrogens with one attached hydrogen (secondary N) is 1. The molecule has 7 nitrogen and oxygen atoms in total. The van der Waals surface area contributed by atoms with Crippen LogP contribution in [-0.2, 0) is 19.1 Å². The summed E-state index contributed by atoms with van der Waals surface area (Å²) in [7, 11) is 3.95. The Bertz CT molecular complexity index is 946. The third-order valence-corrected chi connectivity index (χ3v) is 6.04. The van der Waals surface area contributed by atoms with Crippen LogP contribution >= 0.6 is 11.8 Å². The lowest BCUT2D eigenvalue weighted by atomic mass is 10.1. The largest absolute Gasteiger partial charge is 0.466 e. The topological polar surface area (TPSA) is 78.9 Å². The van der Waals surface area contributed by atoms with Gasteiger partial charge >= 0.3 is 5.97 Å². The van der Waals surface area contributed by atoms with E-state index < -0.39 is 0 Å². The molecule has 164 valence electrons. The highest BCUT2D eigenvalue weighted by molar-refractivity contribution is 8.00. The van der Waals surface area contributed by atoms with Crippen molar-refractivity contribution in [2.45, 2.75) is 25.1 Å². The molecule has 1 saturated heterocycles. The summed E-state index contributed by atoms with van der Waals surface area (Å²) in [5.74, 6) is -0.188. The second kappa shape index (κ2) is 10.3. The van der Waals surface area contributed by atoms with Crippen molar-refractivity contribution in [1.29, 1.82) is 0 Å². The second-order valence-electron chi connectivity index (χ2n) is 7.32. The maximum atomic E-state index is 12.6. The molecule has 0 spiro atoms. The Labute approximate surface area is 186 Å². The van der Waals surface area contributed by atoms with Crippen molar-refractivity contribution in [1.82, 2.24) is 0 Å². The number of thioether (sulfide) groups is 1. The fourth-order valence-electron chi connectivity index (χ4n) is 3.30. The Hall–Kier alpha value is -3.00. The minimum absolute atomic E-state index is 0.0447. The molecule has 1 N–H and O–H groups in total. The Morgan fingerprint density at radius 2 is 1.90 bits per heavy atom. The Kier molecular flexibility index (Phi) is 7.57. The van der Waals surface area contributed by atoms with Crippen LogP contribution in [0.2, 0.25) is 0 Å². The number of carbonyl (C=O) groups excluding carboxylic acids is 3. The predicted octanol–water partition coefficient (Wildman–Crippen LogP) is 3.81. The minimum atomic E-state index is -0.386. The number of hydrogen-bond donors (Lipinski definition) is 1. The summed E-state index contributed by atoms with van der Waals surface area (Å²) in [5, 5.41) is 2.65. The lowest BCUT2D eigenvalue weighted by Crippen LogP contribution is -2.27. The van der Waals surface area contributed by atoms with E-state index in [0.29, 0.717) is 18.0 Å². The van der Waals surface area contributed by atoms with E-state index in [9.17, 15) is 14.4 Å². The Morgan fingerprint density at radius 1 is 1.16 bits per heavy atom. The molecule has 1 heterocycles. The lowest BCUT2D eigenvalue weighted by Gasteiger charge is -2.25. The highest BCUT2D eigenvalue weighted by atomic mass is 32.2. The average molecular weight is 442 g/mol. The van der Waals surface area contributed by atoms with Crippen LogP contribution in [0.25, 0.3) is 0 Å². The maximum absolute atomic E-state index is 12.6. The van der Waals surface area contributed by atoms with Crippen LogP contribution in [0.1, 0.15) is 30.7 Å². The molecule has 0 aromatic heterocycles. The number of esters is 1. The molecular formula is C23H27N3O4S. The van der Waals surface area contributed by atoms with Gasteiger partial charge in [-0.2, -0.15) is 0 Å². The second-order valence-corrected chi connectivity index (χ2v) is 8.39. The number of anilines is 3. The molecule has 0 saturated carbocycles. The monoisotopic (exact) mass is 441 g/mol. The van der Waals surface area contributed by atoms with Crippen LogP contribution in [-0.4, -0.2) is 44.2 Å². The van der Waals surface area contributed by atoms with Gasteiger partial charge in [0.1, 0.15) is 5.37 Å². The van der Waals surface area contributed by atoms with E-state index in [2.05, 4.69) is 5.32 Å². The molecule has 3 rings (SSSR count). The first-order valence-corrected chi connectivity index (χ1v) is 11.2. The normalized spacial score (nSPS) is 15.6. The molecule has 2 aromatic carbocycles. The fourth-order valence-corrected chi connectivity index (χ4v) is 4.47. The van der Waals surface area contributed by atoms with Crippen LogP contribution in [0, 0.1) is 0 Å². The zero-order valence-electron chi connectivity index (χ0n) is 18.0. The van der Waals surface area contributed by atoms with E-state index >= 15 is 0 Å². The summed E-state index contributed by atoms with van der Waals surface area (Å²) >= 11 is 1.56. The number of ether oxygens (including phenoxy) is 1. The van der Waals surface area contributed by atoms with Gasteiger partial charge in [0.15, 0.2) is 0 Å². The molecule has 2 amide bonds. The van der Waals surface area contributed by atoms with Crippen molar-refractivity contribution in [2.75, 3.05) is 41.6 Å². The van der Waals surface area contributed by atoms with Gasteiger partial charge in [0.25, 0.3) is 0 Å². The Balaban J connectivity index is 1.72. The number of amides is 2. The number of hydrogen-bond acceptors (Lipinski definition) is 6.